The van der Waals surface area contributed by atoms with Gasteiger partial charge in [-0.15, -0.1) is 0 Å². The Morgan fingerprint density at radius 3 is 2.53 bits per heavy atom. The summed E-state index contributed by atoms with van der Waals surface area (Å²) in [4.78, 5) is 0. The van der Waals surface area contributed by atoms with Gasteiger partial charge < -0.3 is 0 Å². The van der Waals surface area contributed by atoms with Crippen molar-refractivity contribution in [2.24, 2.45) is 5.84 Å². The minimum absolute atomic E-state index is 0.226. The highest BCUT2D eigenvalue weighted by atomic mass is 79.9. The number of nitrogens with two attached hydrogens (primary N) is 1. The highest BCUT2D eigenvalue weighted by Gasteiger charge is 2.20. The van der Waals surface area contributed by atoms with E-state index in [2.05, 4.69) is 21.4 Å². The van der Waals surface area contributed by atoms with Crippen LogP contribution in [0.4, 0.5) is 8.78 Å². The summed E-state index contributed by atoms with van der Waals surface area (Å²) in [5.74, 6) is 4.16. The average Bonchev–Trinajstić information content (AvgIpc) is 2.37. The summed E-state index contributed by atoms with van der Waals surface area (Å²) in [6, 6.07) is 7.91. The lowest BCUT2D eigenvalue weighted by atomic mass is 9.98. The number of halogens is 4. The van der Waals surface area contributed by atoms with Crippen LogP contribution in [0.2, 0.25) is 5.02 Å². The molecule has 6 heteroatoms. The molecule has 2 aromatic carbocycles. The van der Waals surface area contributed by atoms with E-state index in [1.54, 1.807) is 18.2 Å². The molecule has 0 aliphatic carbocycles. The van der Waals surface area contributed by atoms with Crippen molar-refractivity contribution in [2.75, 3.05) is 0 Å². The molecule has 1 atom stereocenters. The van der Waals surface area contributed by atoms with E-state index in [-0.39, 0.29) is 5.56 Å². The molecule has 19 heavy (non-hydrogen) atoms. The zero-order valence-corrected chi connectivity index (χ0v) is 12.0. The largest absolute Gasteiger partial charge is 0.271 e. The van der Waals surface area contributed by atoms with Crippen molar-refractivity contribution in [3.8, 4) is 0 Å². The van der Waals surface area contributed by atoms with E-state index in [9.17, 15) is 8.78 Å². The van der Waals surface area contributed by atoms with Gasteiger partial charge in [0, 0.05) is 16.1 Å². The molecule has 0 amide bonds. The van der Waals surface area contributed by atoms with E-state index < -0.39 is 17.7 Å². The molecular weight excluding hydrogens is 338 g/mol. The van der Waals surface area contributed by atoms with Crippen molar-refractivity contribution >= 4 is 27.5 Å². The molecule has 2 rings (SSSR count). The lowest BCUT2D eigenvalue weighted by Crippen LogP contribution is -2.29. The van der Waals surface area contributed by atoms with Gasteiger partial charge in [0.15, 0.2) is 0 Å². The Hall–Kier alpha value is -1.01. The third-order valence-electron chi connectivity index (χ3n) is 2.73. The summed E-state index contributed by atoms with van der Waals surface area (Å²) in [6.45, 7) is 0. The fraction of sp³-hybridized carbons (Fsp3) is 0.0769. The quantitative estimate of drug-likeness (QED) is 0.652. The number of hydrogen-bond donors (Lipinski definition) is 2. The first-order valence-electron chi connectivity index (χ1n) is 5.39. The summed E-state index contributed by atoms with van der Waals surface area (Å²) in [5.41, 5.74) is 3.32. The second kappa shape index (κ2) is 5.96. The molecule has 2 aromatic rings. The summed E-state index contributed by atoms with van der Waals surface area (Å²) >= 11 is 9.45. The zero-order valence-electron chi connectivity index (χ0n) is 9.63. The Morgan fingerprint density at radius 2 is 1.89 bits per heavy atom. The topological polar surface area (TPSA) is 38.0 Å². The van der Waals surface area contributed by atoms with Crippen molar-refractivity contribution in [2.45, 2.75) is 6.04 Å². The van der Waals surface area contributed by atoms with Crippen LogP contribution in [-0.4, -0.2) is 0 Å². The summed E-state index contributed by atoms with van der Waals surface area (Å²) < 4.78 is 27.4. The monoisotopic (exact) mass is 346 g/mol. The van der Waals surface area contributed by atoms with Crippen molar-refractivity contribution in [3.63, 3.8) is 0 Å². The van der Waals surface area contributed by atoms with Gasteiger partial charge in [-0.3, -0.25) is 5.84 Å². The van der Waals surface area contributed by atoms with Crippen LogP contribution in [0.5, 0.6) is 0 Å². The SMILES string of the molecule is NNC(c1ccc(F)cc1F)c1cccc(Br)c1Cl. The molecule has 0 aliphatic heterocycles. The lowest BCUT2D eigenvalue weighted by molar-refractivity contribution is 0.541. The van der Waals surface area contributed by atoms with Crippen molar-refractivity contribution in [1.82, 2.24) is 5.43 Å². The number of nitrogens with one attached hydrogen (secondary N) is 1. The second-order valence-corrected chi connectivity index (χ2v) is 5.14. The van der Waals surface area contributed by atoms with Crippen molar-refractivity contribution < 1.29 is 8.78 Å². The van der Waals surface area contributed by atoms with Crippen LogP contribution in [0.25, 0.3) is 0 Å². The molecule has 0 aromatic heterocycles. The first kappa shape index (κ1) is 14.4. The lowest BCUT2D eigenvalue weighted by Gasteiger charge is -2.19. The average molecular weight is 348 g/mol. The molecule has 0 radical (unpaired) electrons. The Kier molecular flexibility index (Phi) is 4.52. The van der Waals surface area contributed by atoms with Crippen molar-refractivity contribution in [1.29, 1.82) is 0 Å². The van der Waals surface area contributed by atoms with Crippen LogP contribution in [-0.2, 0) is 0 Å². The van der Waals surface area contributed by atoms with Crippen LogP contribution in [0.15, 0.2) is 40.9 Å². The first-order valence-corrected chi connectivity index (χ1v) is 6.56. The molecule has 100 valence electrons. The zero-order chi connectivity index (χ0) is 14.0. The number of rotatable bonds is 3. The van der Waals surface area contributed by atoms with Gasteiger partial charge in [0.05, 0.1) is 11.1 Å². The molecule has 0 saturated carbocycles. The Labute approximate surface area is 122 Å². The Bertz CT molecular complexity index is 607. The molecule has 2 nitrogen and oxygen atoms in total. The smallest absolute Gasteiger partial charge is 0.131 e. The van der Waals surface area contributed by atoms with Gasteiger partial charge in [0.2, 0.25) is 0 Å². The van der Waals surface area contributed by atoms with E-state index in [4.69, 9.17) is 17.4 Å². The van der Waals surface area contributed by atoms with Gasteiger partial charge in [-0.05, 0) is 33.6 Å². The molecule has 0 fully saturated rings. The number of hydrogen-bond acceptors (Lipinski definition) is 2. The van der Waals surface area contributed by atoms with Gasteiger partial charge in [-0.1, -0.05) is 29.8 Å². The van der Waals surface area contributed by atoms with Gasteiger partial charge in [0.25, 0.3) is 0 Å². The molecule has 3 N–H and O–H groups in total. The van der Waals surface area contributed by atoms with E-state index in [0.717, 1.165) is 6.07 Å². The first-order chi connectivity index (χ1) is 9.04. The number of hydrazine groups is 1. The maximum atomic E-state index is 13.8. The second-order valence-electron chi connectivity index (χ2n) is 3.91. The van der Waals surface area contributed by atoms with Crippen LogP contribution in [0.1, 0.15) is 17.2 Å². The predicted octanol–water partition coefficient (Wildman–Crippen LogP) is 3.93. The minimum Gasteiger partial charge on any atom is -0.271 e. The molecule has 0 bridgehead atoms. The molecule has 0 saturated heterocycles. The van der Waals surface area contributed by atoms with E-state index in [1.807, 2.05) is 0 Å². The third kappa shape index (κ3) is 2.95. The van der Waals surface area contributed by atoms with Gasteiger partial charge in [-0.25, -0.2) is 14.2 Å². The van der Waals surface area contributed by atoms with E-state index in [1.165, 1.54) is 12.1 Å². The van der Waals surface area contributed by atoms with Crippen LogP contribution < -0.4 is 11.3 Å². The van der Waals surface area contributed by atoms with Crippen LogP contribution in [0, 0.1) is 11.6 Å². The highest BCUT2D eigenvalue weighted by Crippen LogP contribution is 2.33. The predicted molar refractivity (Wildman–Crippen MR) is 74.7 cm³/mol. The fourth-order valence-electron chi connectivity index (χ4n) is 1.83. The van der Waals surface area contributed by atoms with Crippen molar-refractivity contribution in [3.05, 3.63) is 68.7 Å². The highest BCUT2D eigenvalue weighted by molar-refractivity contribution is 9.10. The number of benzene rings is 2. The van der Waals surface area contributed by atoms with Gasteiger partial charge in [-0.2, -0.15) is 0 Å². The maximum absolute atomic E-state index is 13.8. The molecule has 0 spiro atoms. The summed E-state index contributed by atoms with van der Waals surface area (Å²) in [7, 11) is 0. The molecule has 0 aliphatic rings. The normalized spacial score (nSPS) is 12.5. The standard InChI is InChI=1S/C13H10BrClF2N2/c14-10-3-1-2-9(12(10)15)13(19-18)8-5-4-7(16)6-11(8)17/h1-6,13,19H,18H2. The summed E-state index contributed by atoms with van der Waals surface area (Å²) in [5, 5.41) is 0.425. The fourth-order valence-corrected chi connectivity index (χ4v) is 2.44. The minimum atomic E-state index is -0.681. The Morgan fingerprint density at radius 1 is 1.16 bits per heavy atom. The van der Waals surface area contributed by atoms with E-state index in [0.29, 0.717) is 15.1 Å². The molecule has 0 heterocycles. The van der Waals surface area contributed by atoms with Crippen LogP contribution >= 0.6 is 27.5 Å². The maximum Gasteiger partial charge on any atom is 0.131 e. The summed E-state index contributed by atoms with van der Waals surface area (Å²) in [6.07, 6.45) is 0. The van der Waals surface area contributed by atoms with Gasteiger partial charge >= 0.3 is 0 Å². The molecular formula is C13H10BrClF2N2. The Balaban J connectivity index is 2.53. The van der Waals surface area contributed by atoms with Gasteiger partial charge in [0.1, 0.15) is 11.6 Å². The van der Waals surface area contributed by atoms with E-state index >= 15 is 0 Å². The van der Waals surface area contributed by atoms with Crippen LogP contribution in [0.3, 0.4) is 0 Å². The third-order valence-corrected chi connectivity index (χ3v) is 4.04. The molecule has 1 unspecified atom stereocenters.